The van der Waals surface area contributed by atoms with Crippen molar-refractivity contribution in [3.05, 3.63) is 35.4 Å². The van der Waals surface area contributed by atoms with E-state index in [2.05, 4.69) is 16.0 Å². The Labute approximate surface area is 325 Å². The summed E-state index contributed by atoms with van der Waals surface area (Å²) in [5.41, 5.74) is -0.217. The maximum Gasteiger partial charge on any atom is 0.245 e. The van der Waals surface area contributed by atoms with E-state index in [0.29, 0.717) is 18.9 Å². The van der Waals surface area contributed by atoms with Crippen molar-refractivity contribution in [2.24, 2.45) is 23.7 Å². The van der Waals surface area contributed by atoms with Crippen molar-refractivity contribution in [2.45, 2.75) is 123 Å². The molecule has 1 saturated heterocycles. The molecule has 1 aromatic rings. The summed E-state index contributed by atoms with van der Waals surface area (Å²) in [6.07, 6.45) is -0.976. The lowest BCUT2D eigenvalue weighted by atomic mass is 9.89. The molecule has 1 fully saturated rings. The first-order valence-electron chi connectivity index (χ1n) is 19.2. The van der Waals surface area contributed by atoms with Crippen LogP contribution in [0.4, 0.5) is 8.78 Å². The Balaban J connectivity index is 2.33. The molecule has 10 atom stereocenters. The summed E-state index contributed by atoms with van der Waals surface area (Å²) in [5, 5.41) is 8.60. The van der Waals surface area contributed by atoms with E-state index in [1.807, 2.05) is 41.5 Å². The molecule has 0 saturated carbocycles. The molecular formula is C40H65F2N5O8. The smallest absolute Gasteiger partial charge is 0.245 e. The number of halogens is 2. The van der Waals surface area contributed by atoms with Gasteiger partial charge in [0.1, 0.15) is 17.7 Å². The maximum atomic E-state index is 14.3. The van der Waals surface area contributed by atoms with Crippen LogP contribution in [-0.4, -0.2) is 130 Å². The minimum atomic E-state index is -1.11. The first-order valence-corrected chi connectivity index (χ1v) is 19.2. The molecule has 4 amide bonds. The number of likely N-dealkylation sites (tertiary alicyclic amines) is 1. The summed E-state index contributed by atoms with van der Waals surface area (Å²) in [6.45, 7) is 14.8. The molecule has 1 aliphatic rings. The van der Waals surface area contributed by atoms with E-state index in [0.717, 1.165) is 12.1 Å². The van der Waals surface area contributed by atoms with Gasteiger partial charge in [-0.15, -0.1) is 0 Å². The maximum absolute atomic E-state index is 14.3. The molecular weight excluding hydrogens is 716 g/mol. The molecule has 13 nitrogen and oxygen atoms in total. The number of carbonyl (C=O) groups is 5. The zero-order chi connectivity index (χ0) is 41.9. The summed E-state index contributed by atoms with van der Waals surface area (Å²) in [7, 11) is 7.85. The van der Waals surface area contributed by atoms with E-state index >= 15 is 0 Å². The Morgan fingerprint density at radius 1 is 0.873 bits per heavy atom. The van der Waals surface area contributed by atoms with Gasteiger partial charge in [-0.25, -0.2) is 8.78 Å². The molecule has 0 radical (unpaired) electrons. The Morgan fingerprint density at radius 3 is 1.93 bits per heavy atom. The molecule has 55 heavy (non-hydrogen) atoms. The monoisotopic (exact) mass is 781 g/mol. The molecule has 312 valence electrons. The first kappa shape index (κ1) is 47.6. The molecule has 0 aromatic heterocycles. The second-order valence-corrected chi connectivity index (χ2v) is 15.5. The summed E-state index contributed by atoms with van der Waals surface area (Å²) < 4.78 is 45.1. The molecule has 0 spiro atoms. The number of amides is 4. The van der Waals surface area contributed by atoms with Crippen molar-refractivity contribution in [2.75, 3.05) is 42.0 Å². The first-order chi connectivity index (χ1) is 25.8. The van der Waals surface area contributed by atoms with Gasteiger partial charge in [-0.2, -0.15) is 0 Å². The Kier molecular flexibility index (Phi) is 18.8. The molecule has 0 aliphatic carbocycles. The number of hydrogen-bond donors (Lipinski definition) is 3. The lowest BCUT2D eigenvalue weighted by Gasteiger charge is -2.41. The number of ether oxygens (including phenoxy) is 3. The van der Waals surface area contributed by atoms with Crippen molar-refractivity contribution in [1.82, 2.24) is 25.8 Å². The number of ketones is 1. The van der Waals surface area contributed by atoms with E-state index in [9.17, 15) is 32.8 Å². The highest BCUT2D eigenvalue weighted by Crippen LogP contribution is 2.31. The van der Waals surface area contributed by atoms with Gasteiger partial charge in [0.25, 0.3) is 0 Å². The van der Waals surface area contributed by atoms with Gasteiger partial charge in [0.15, 0.2) is 5.78 Å². The van der Waals surface area contributed by atoms with Crippen LogP contribution < -0.4 is 16.0 Å². The fraction of sp³-hybridized carbons (Fsp3) is 0.725. The van der Waals surface area contributed by atoms with Crippen LogP contribution in [0.25, 0.3) is 0 Å². The number of rotatable bonds is 21. The standard InChI is InChI=1S/C40H65F2N5O8/c1-14-23(6)35(46(10)40(52)34(22(4)5)45-39(51)33(43-9)21(2)3)31(54-12)19-32(48)47-20-29(53-11)18-30(47)37(55-13)24(7)38(50)44-25(8)36(49)26-15-27(41)17-28(42)16-26/h15-17,21-25,29-31,33-35,37,43H,14,18-20H2,1-13H3,(H,44,50)(H,45,51)/t23-,24+,25-,29+,30+,31+,33-,34-,35-,37+/m0/s1. The van der Waals surface area contributed by atoms with Gasteiger partial charge in [0.2, 0.25) is 23.6 Å². The van der Waals surface area contributed by atoms with Crippen LogP contribution in [0.15, 0.2) is 18.2 Å². The fourth-order valence-electron chi connectivity index (χ4n) is 7.56. The van der Waals surface area contributed by atoms with Crippen LogP contribution >= 0.6 is 0 Å². The number of hydrogen-bond acceptors (Lipinski definition) is 9. The molecule has 1 aromatic carbocycles. The minimum absolute atomic E-state index is 0.00347. The number of Topliss-reactive ketones (excluding diaryl/α,β-unsaturated/α-hetero) is 1. The molecule has 15 heteroatoms. The van der Waals surface area contributed by atoms with Gasteiger partial charge >= 0.3 is 0 Å². The van der Waals surface area contributed by atoms with Crippen molar-refractivity contribution < 1.29 is 47.0 Å². The minimum Gasteiger partial charge on any atom is -0.380 e. The molecule has 3 N–H and O–H groups in total. The SMILES string of the molecule is CC[C@H](C)[C@@H]([C@@H](CC(=O)N1C[C@H](OC)C[C@@H]1[C@H](OC)[C@@H](C)C(=O)N[C@@H](C)C(=O)c1cc(F)cc(F)c1)OC)N(C)C(=O)[C@@H](NC(=O)[C@@H](NC)C(C)C)C(C)C. The Morgan fingerprint density at radius 2 is 1.45 bits per heavy atom. The quantitative estimate of drug-likeness (QED) is 0.159. The van der Waals surface area contributed by atoms with E-state index in [-0.39, 0.29) is 60.1 Å². The average Bonchev–Trinajstić information content (AvgIpc) is 3.56. The van der Waals surface area contributed by atoms with Crippen molar-refractivity contribution in [3.63, 3.8) is 0 Å². The van der Waals surface area contributed by atoms with Gasteiger partial charge in [0.05, 0.1) is 54.8 Å². The van der Waals surface area contributed by atoms with Crippen LogP contribution in [0.5, 0.6) is 0 Å². The fourth-order valence-corrected chi connectivity index (χ4v) is 7.56. The summed E-state index contributed by atoms with van der Waals surface area (Å²) in [6, 6.07) is -1.09. The predicted molar refractivity (Wildman–Crippen MR) is 205 cm³/mol. The molecule has 0 unspecified atom stereocenters. The zero-order valence-electron chi connectivity index (χ0n) is 34.9. The van der Waals surface area contributed by atoms with E-state index in [4.69, 9.17) is 14.2 Å². The zero-order valence-corrected chi connectivity index (χ0v) is 34.9. The van der Waals surface area contributed by atoms with E-state index < -0.39 is 71.7 Å². The lowest BCUT2D eigenvalue weighted by Crippen LogP contribution is -2.59. The second-order valence-electron chi connectivity index (χ2n) is 15.5. The van der Waals surface area contributed by atoms with Crippen LogP contribution in [0, 0.1) is 35.3 Å². The second kappa shape index (κ2) is 21.7. The van der Waals surface area contributed by atoms with Crippen LogP contribution in [-0.2, 0) is 33.4 Å². The summed E-state index contributed by atoms with van der Waals surface area (Å²) in [5.74, 6) is -5.10. The van der Waals surface area contributed by atoms with E-state index in [1.165, 1.54) is 28.3 Å². The summed E-state index contributed by atoms with van der Waals surface area (Å²) in [4.78, 5) is 71.4. The molecule has 1 heterocycles. The van der Waals surface area contributed by atoms with Crippen LogP contribution in [0.1, 0.15) is 85.0 Å². The highest BCUT2D eigenvalue weighted by atomic mass is 19.1. The molecule has 2 rings (SSSR count). The Bertz CT molecular complexity index is 1440. The third kappa shape index (κ3) is 12.2. The van der Waals surface area contributed by atoms with Crippen LogP contribution in [0.3, 0.4) is 0 Å². The van der Waals surface area contributed by atoms with E-state index in [1.54, 1.807) is 30.8 Å². The van der Waals surface area contributed by atoms with Crippen molar-refractivity contribution in [3.8, 4) is 0 Å². The number of nitrogens with zero attached hydrogens (tertiary/aromatic N) is 2. The van der Waals surface area contributed by atoms with Crippen LogP contribution in [0.2, 0.25) is 0 Å². The van der Waals surface area contributed by atoms with Crippen molar-refractivity contribution in [1.29, 1.82) is 0 Å². The normalized spacial score (nSPS) is 20.3. The van der Waals surface area contributed by atoms with Gasteiger partial charge in [-0.3, -0.25) is 24.0 Å². The predicted octanol–water partition coefficient (Wildman–Crippen LogP) is 3.58. The summed E-state index contributed by atoms with van der Waals surface area (Å²) >= 11 is 0. The molecule has 1 aliphatic heterocycles. The Hall–Kier alpha value is -3.53. The third-order valence-electron chi connectivity index (χ3n) is 11.0. The third-order valence-corrected chi connectivity index (χ3v) is 11.0. The largest absolute Gasteiger partial charge is 0.380 e. The van der Waals surface area contributed by atoms with Gasteiger partial charge in [-0.05, 0) is 50.3 Å². The topological polar surface area (TPSA) is 156 Å². The van der Waals surface area contributed by atoms with Crippen molar-refractivity contribution >= 4 is 29.4 Å². The lowest BCUT2D eigenvalue weighted by molar-refractivity contribution is -0.148. The van der Waals surface area contributed by atoms with Gasteiger partial charge < -0.3 is 40.0 Å². The van der Waals surface area contributed by atoms with Gasteiger partial charge in [-0.1, -0.05) is 54.9 Å². The average molecular weight is 782 g/mol. The number of carbonyl (C=O) groups excluding carboxylic acids is 5. The number of likely N-dealkylation sites (N-methyl/N-ethyl adjacent to an activating group) is 2. The number of nitrogens with one attached hydrogen (secondary N) is 3. The highest BCUT2D eigenvalue weighted by molar-refractivity contribution is 6.01. The number of benzene rings is 1. The highest BCUT2D eigenvalue weighted by Gasteiger charge is 2.46. The number of methoxy groups -OCH3 is 3. The van der Waals surface area contributed by atoms with Gasteiger partial charge in [0, 0.05) is 46.6 Å². The molecule has 0 bridgehead atoms.